The van der Waals surface area contributed by atoms with Crippen LogP contribution in [-0.2, 0) is 16.4 Å². The summed E-state index contributed by atoms with van der Waals surface area (Å²) in [4.78, 5) is 15.3. The van der Waals surface area contributed by atoms with Crippen LogP contribution in [0.25, 0.3) is 10.9 Å². The minimum atomic E-state index is -3.74. The van der Waals surface area contributed by atoms with Gasteiger partial charge in [-0.3, -0.25) is 4.79 Å². The van der Waals surface area contributed by atoms with E-state index in [4.69, 9.17) is 4.74 Å². The molecule has 27 heavy (non-hydrogen) atoms. The second kappa shape index (κ2) is 7.54. The SMILES string of the molecule is COc1ccc(C)cc1S(=O)(=O)NCCc1cc2cccc(C)c2[nH]c1=O. The van der Waals surface area contributed by atoms with E-state index in [1.807, 2.05) is 38.1 Å². The van der Waals surface area contributed by atoms with Gasteiger partial charge in [0, 0.05) is 12.1 Å². The van der Waals surface area contributed by atoms with Gasteiger partial charge in [-0.25, -0.2) is 13.1 Å². The number of methoxy groups -OCH3 is 1. The molecule has 3 aromatic rings. The minimum absolute atomic E-state index is 0.0908. The number of aryl methyl sites for hydroxylation is 2. The molecular formula is C20H22N2O4S. The van der Waals surface area contributed by atoms with Gasteiger partial charge >= 0.3 is 0 Å². The van der Waals surface area contributed by atoms with Crippen LogP contribution in [0.1, 0.15) is 16.7 Å². The number of sulfonamides is 1. The Morgan fingerprint density at radius 1 is 1.11 bits per heavy atom. The highest BCUT2D eigenvalue weighted by Gasteiger charge is 2.19. The third kappa shape index (κ3) is 4.04. The molecule has 0 fully saturated rings. The van der Waals surface area contributed by atoms with Gasteiger partial charge in [0.2, 0.25) is 10.0 Å². The van der Waals surface area contributed by atoms with E-state index in [2.05, 4.69) is 9.71 Å². The highest BCUT2D eigenvalue weighted by molar-refractivity contribution is 7.89. The zero-order chi connectivity index (χ0) is 19.6. The molecule has 1 heterocycles. The van der Waals surface area contributed by atoms with Crippen molar-refractivity contribution >= 4 is 20.9 Å². The summed E-state index contributed by atoms with van der Waals surface area (Å²) < 4.78 is 32.9. The van der Waals surface area contributed by atoms with Crippen LogP contribution in [-0.4, -0.2) is 27.1 Å². The molecule has 0 aliphatic rings. The van der Waals surface area contributed by atoms with E-state index in [0.29, 0.717) is 5.56 Å². The van der Waals surface area contributed by atoms with E-state index in [-0.39, 0.29) is 29.2 Å². The number of fused-ring (bicyclic) bond motifs is 1. The quantitative estimate of drug-likeness (QED) is 0.682. The Labute approximate surface area is 158 Å². The van der Waals surface area contributed by atoms with Crippen LogP contribution in [0, 0.1) is 13.8 Å². The van der Waals surface area contributed by atoms with Crippen molar-refractivity contribution in [2.24, 2.45) is 0 Å². The van der Waals surface area contributed by atoms with Crippen LogP contribution in [0.5, 0.6) is 5.75 Å². The van der Waals surface area contributed by atoms with Gasteiger partial charge in [-0.05, 0) is 55.0 Å². The standard InChI is InChI=1S/C20H22N2O4S/c1-13-7-8-17(26-3)18(11-13)27(24,25)21-10-9-16-12-15-6-4-5-14(2)19(15)22-20(16)23/h4-8,11-12,21H,9-10H2,1-3H3,(H,22,23). The number of para-hydroxylation sites is 1. The first kappa shape index (κ1) is 19.1. The first-order valence-electron chi connectivity index (χ1n) is 8.57. The maximum Gasteiger partial charge on any atom is 0.251 e. The molecule has 0 saturated carbocycles. The van der Waals surface area contributed by atoms with Crippen LogP contribution in [0.15, 0.2) is 52.2 Å². The number of nitrogens with one attached hydrogen (secondary N) is 2. The van der Waals surface area contributed by atoms with E-state index >= 15 is 0 Å². The number of aromatic nitrogens is 1. The lowest BCUT2D eigenvalue weighted by Crippen LogP contribution is -2.28. The summed E-state index contributed by atoms with van der Waals surface area (Å²) in [5.41, 5.74) is 2.94. The third-order valence-electron chi connectivity index (χ3n) is 4.46. The molecule has 0 amide bonds. The molecule has 142 valence electrons. The molecule has 0 bridgehead atoms. The molecule has 1 aromatic heterocycles. The fourth-order valence-corrected chi connectivity index (χ4v) is 4.29. The Balaban J connectivity index is 1.80. The van der Waals surface area contributed by atoms with Crippen LogP contribution < -0.4 is 15.0 Å². The molecule has 2 N–H and O–H groups in total. The van der Waals surface area contributed by atoms with Crippen molar-refractivity contribution in [2.45, 2.75) is 25.2 Å². The van der Waals surface area contributed by atoms with Crippen LogP contribution in [0.3, 0.4) is 0 Å². The summed E-state index contributed by atoms with van der Waals surface area (Å²) in [5, 5.41) is 0.924. The predicted molar refractivity (Wildman–Crippen MR) is 106 cm³/mol. The Hall–Kier alpha value is -2.64. The second-order valence-corrected chi connectivity index (χ2v) is 8.20. The molecule has 2 aromatic carbocycles. The van der Waals surface area contributed by atoms with Gasteiger partial charge in [-0.2, -0.15) is 0 Å². The van der Waals surface area contributed by atoms with Gasteiger partial charge in [0.1, 0.15) is 10.6 Å². The van der Waals surface area contributed by atoms with Crippen molar-refractivity contribution in [3.05, 3.63) is 69.5 Å². The normalized spacial score (nSPS) is 11.7. The molecule has 3 rings (SSSR count). The van der Waals surface area contributed by atoms with E-state index in [0.717, 1.165) is 22.0 Å². The van der Waals surface area contributed by atoms with Gasteiger partial charge in [-0.15, -0.1) is 0 Å². The number of hydrogen-bond donors (Lipinski definition) is 2. The van der Waals surface area contributed by atoms with E-state index in [1.165, 1.54) is 7.11 Å². The largest absolute Gasteiger partial charge is 0.495 e. The third-order valence-corrected chi connectivity index (χ3v) is 5.94. The Bertz CT molecular complexity index is 1150. The minimum Gasteiger partial charge on any atom is -0.495 e. The lowest BCUT2D eigenvalue weighted by Gasteiger charge is -2.11. The Morgan fingerprint density at radius 3 is 2.63 bits per heavy atom. The Kier molecular flexibility index (Phi) is 5.34. The monoisotopic (exact) mass is 386 g/mol. The lowest BCUT2D eigenvalue weighted by molar-refractivity contribution is 0.402. The maximum absolute atomic E-state index is 12.6. The molecule has 7 heteroatoms. The molecule has 0 atom stereocenters. The summed E-state index contributed by atoms with van der Waals surface area (Å²) in [5.74, 6) is 0.284. The zero-order valence-corrected chi connectivity index (χ0v) is 16.3. The fraction of sp³-hybridized carbons (Fsp3) is 0.250. The summed E-state index contributed by atoms with van der Waals surface area (Å²) in [7, 11) is -2.31. The summed E-state index contributed by atoms with van der Waals surface area (Å²) in [6.07, 6.45) is 0.284. The number of hydrogen-bond acceptors (Lipinski definition) is 4. The number of pyridine rings is 1. The topological polar surface area (TPSA) is 88.3 Å². The van der Waals surface area contributed by atoms with Crippen molar-refractivity contribution in [3.63, 3.8) is 0 Å². The summed E-state index contributed by atoms with van der Waals surface area (Å²) >= 11 is 0. The highest BCUT2D eigenvalue weighted by atomic mass is 32.2. The van der Waals surface area contributed by atoms with Gasteiger partial charge in [0.15, 0.2) is 0 Å². The van der Waals surface area contributed by atoms with E-state index < -0.39 is 10.0 Å². The molecule has 0 aliphatic carbocycles. The van der Waals surface area contributed by atoms with Crippen molar-refractivity contribution in [2.75, 3.05) is 13.7 Å². The van der Waals surface area contributed by atoms with Crippen LogP contribution in [0.4, 0.5) is 0 Å². The predicted octanol–water partition coefficient (Wildman–Crippen LogP) is 2.67. The van der Waals surface area contributed by atoms with Crippen molar-refractivity contribution in [1.82, 2.24) is 9.71 Å². The molecule has 0 saturated heterocycles. The van der Waals surface area contributed by atoms with Gasteiger partial charge in [0.25, 0.3) is 5.56 Å². The van der Waals surface area contributed by atoms with Gasteiger partial charge in [0.05, 0.1) is 12.6 Å². The molecule has 0 aliphatic heterocycles. The fourth-order valence-electron chi connectivity index (χ4n) is 3.01. The Morgan fingerprint density at radius 2 is 1.89 bits per heavy atom. The number of aromatic amines is 1. The van der Waals surface area contributed by atoms with E-state index in [9.17, 15) is 13.2 Å². The summed E-state index contributed by atoms with van der Waals surface area (Å²) in [6, 6.07) is 12.6. The average molecular weight is 386 g/mol. The maximum atomic E-state index is 12.6. The number of benzene rings is 2. The molecule has 0 radical (unpaired) electrons. The smallest absolute Gasteiger partial charge is 0.251 e. The molecule has 0 spiro atoms. The molecule has 0 unspecified atom stereocenters. The van der Waals surface area contributed by atoms with Gasteiger partial charge < -0.3 is 9.72 Å². The van der Waals surface area contributed by atoms with Gasteiger partial charge in [-0.1, -0.05) is 24.3 Å². The first-order valence-corrected chi connectivity index (χ1v) is 10.1. The summed E-state index contributed by atoms with van der Waals surface area (Å²) in [6.45, 7) is 3.86. The van der Waals surface area contributed by atoms with E-state index in [1.54, 1.807) is 18.2 Å². The molecular weight excluding hydrogens is 364 g/mol. The highest BCUT2D eigenvalue weighted by Crippen LogP contribution is 2.24. The first-order chi connectivity index (χ1) is 12.8. The zero-order valence-electron chi connectivity index (χ0n) is 15.5. The van der Waals surface area contributed by atoms with Crippen LogP contribution >= 0.6 is 0 Å². The second-order valence-electron chi connectivity index (χ2n) is 6.46. The molecule has 6 nitrogen and oxygen atoms in total. The van der Waals surface area contributed by atoms with Crippen molar-refractivity contribution in [3.8, 4) is 5.75 Å². The number of rotatable bonds is 6. The number of ether oxygens (including phenoxy) is 1. The number of H-pyrrole nitrogens is 1. The van der Waals surface area contributed by atoms with Crippen molar-refractivity contribution in [1.29, 1.82) is 0 Å². The lowest BCUT2D eigenvalue weighted by atomic mass is 10.1. The van der Waals surface area contributed by atoms with Crippen LogP contribution in [0.2, 0.25) is 0 Å². The average Bonchev–Trinajstić information content (AvgIpc) is 2.63. The van der Waals surface area contributed by atoms with Crippen molar-refractivity contribution < 1.29 is 13.2 Å².